The molecule has 6 nitrogen and oxygen atoms in total. The molecule has 0 saturated heterocycles. The van der Waals surface area contributed by atoms with Crippen LogP contribution in [0.1, 0.15) is 43.7 Å². The number of hydrogen-bond donors (Lipinski definition) is 1. The van der Waals surface area contributed by atoms with Crippen LogP contribution >= 0.6 is 11.8 Å². The summed E-state index contributed by atoms with van der Waals surface area (Å²) in [7, 11) is 0. The molecule has 2 aromatic rings. The van der Waals surface area contributed by atoms with Crippen molar-refractivity contribution in [2.24, 2.45) is 0 Å². The van der Waals surface area contributed by atoms with Gasteiger partial charge in [0.25, 0.3) is 0 Å². The third kappa shape index (κ3) is 3.77. The SMILES string of the molecule is Cc1ccc(-n2nnnc2S[C@H](C)C(=O)NC2CCCC2)cc1C. The Balaban J connectivity index is 1.70. The third-order valence-electron chi connectivity index (χ3n) is 4.53. The number of carbonyl (C=O) groups is 1. The van der Waals surface area contributed by atoms with E-state index < -0.39 is 0 Å². The van der Waals surface area contributed by atoms with Crippen molar-refractivity contribution in [1.29, 1.82) is 0 Å². The molecule has 1 fully saturated rings. The molecule has 1 aliphatic carbocycles. The molecule has 7 heteroatoms. The van der Waals surface area contributed by atoms with Crippen LogP contribution in [-0.2, 0) is 4.79 Å². The van der Waals surface area contributed by atoms with Gasteiger partial charge in [0.2, 0.25) is 11.1 Å². The highest BCUT2D eigenvalue weighted by Gasteiger charge is 2.23. The van der Waals surface area contributed by atoms with Crippen molar-refractivity contribution in [2.75, 3.05) is 0 Å². The molecule has 1 aliphatic rings. The van der Waals surface area contributed by atoms with E-state index in [2.05, 4.69) is 46.8 Å². The van der Waals surface area contributed by atoms with Gasteiger partial charge in [0.15, 0.2) is 0 Å². The Bertz CT molecular complexity index is 724. The van der Waals surface area contributed by atoms with Crippen molar-refractivity contribution in [2.45, 2.75) is 62.9 Å². The van der Waals surface area contributed by atoms with Gasteiger partial charge < -0.3 is 5.32 Å². The molecule has 0 spiro atoms. The summed E-state index contributed by atoms with van der Waals surface area (Å²) in [6, 6.07) is 6.43. The zero-order valence-corrected chi connectivity index (χ0v) is 15.1. The normalized spacial score (nSPS) is 16.3. The van der Waals surface area contributed by atoms with Gasteiger partial charge in [-0.2, -0.15) is 4.68 Å². The molecule has 1 saturated carbocycles. The van der Waals surface area contributed by atoms with Crippen LogP contribution in [0.5, 0.6) is 0 Å². The van der Waals surface area contributed by atoms with Crippen LogP contribution < -0.4 is 5.32 Å². The van der Waals surface area contributed by atoms with E-state index in [1.807, 2.05) is 13.0 Å². The van der Waals surface area contributed by atoms with E-state index in [9.17, 15) is 4.79 Å². The highest BCUT2D eigenvalue weighted by Crippen LogP contribution is 2.25. The van der Waals surface area contributed by atoms with E-state index in [-0.39, 0.29) is 11.2 Å². The van der Waals surface area contributed by atoms with Crippen LogP contribution in [0.25, 0.3) is 5.69 Å². The number of amides is 1. The van der Waals surface area contributed by atoms with Crippen LogP contribution in [0.3, 0.4) is 0 Å². The second-order valence-electron chi connectivity index (χ2n) is 6.39. The molecule has 0 aliphatic heterocycles. The Morgan fingerprint density at radius 2 is 2.04 bits per heavy atom. The molecular weight excluding hydrogens is 322 g/mol. The summed E-state index contributed by atoms with van der Waals surface area (Å²) in [6.45, 7) is 6.03. The zero-order chi connectivity index (χ0) is 17.1. The standard InChI is InChI=1S/C17H23N5OS/c1-11-8-9-15(10-12(11)2)22-17(19-20-21-22)24-13(3)16(23)18-14-6-4-5-7-14/h8-10,13-14H,4-7H2,1-3H3,(H,18,23)/t13-/m1/s1. The van der Waals surface area contributed by atoms with Gasteiger partial charge in [0.1, 0.15) is 0 Å². The molecule has 0 radical (unpaired) electrons. The van der Waals surface area contributed by atoms with E-state index in [0.717, 1.165) is 18.5 Å². The molecule has 24 heavy (non-hydrogen) atoms. The fourth-order valence-corrected chi connectivity index (χ4v) is 3.69. The average Bonchev–Trinajstić information content (AvgIpc) is 3.22. The zero-order valence-electron chi connectivity index (χ0n) is 14.3. The molecule has 1 aromatic heterocycles. The van der Waals surface area contributed by atoms with Gasteiger partial charge in [-0.15, -0.1) is 5.10 Å². The van der Waals surface area contributed by atoms with Gasteiger partial charge in [-0.1, -0.05) is 30.7 Å². The molecule has 128 valence electrons. The minimum atomic E-state index is -0.234. The Morgan fingerprint density at radius 3 is 2.75 bits per heavy atom. The Hall–Kier alpha value is -1.89. The van der Waals surface area contributed by atoms with Crippen LogP contribution in [0.2, 0.25) is 0 Å². The number of benzene rings is 1. The highest BCUT2D eigenvalue weighted by atomic mass is 32.2. The molecule has 3 rings (SSSR count). The van der Waals surface area contributed by atoms with Gasteiger partial charge in [-0.05, 0) is 67.3 Å². The summed E-state index contributed by atoms with van der Waals surface area (Å²) < 4.78 is 1.69. The van der Waals surface area contributed by atoms with Crippen molar-refractivity contribution in [3.05, 3.63) is 29.3 Å². The first-order chi connectivity index (χ1) is 11.5. The number of nitrogens with zero attached hydrogens (tertiary/aromatic N) is 4. The minimum absolute atomic E-state index is 0.0570. The first-order valence-corrected chi connectivity index (χ1v) is 9.25. The van der Waals surface area contributed by atoms with Crippen molar-refractivity contribution in [3.63, 3.8) is 0 Å². The van der Waals surface area contributed by atoms with E-state index in [4.69, 9.17) is 0 Å². The first-order valence-electron chi connectivity index (χ1n) is 8.37. The summed E-state index contributed by atoms with van der Waals surface area (Å²) in [5, 5.41) is 15.5. The number of nitrogens with one attached hydrogen (secondary N) is 1. The lowest BCUT2D eigenvalue weighted by molar-refractivity contribution is -0.120. The number of aryl methyl sites for hydroxylation is 2. The predicted molar refractivity (Wildman–Crippen MR) is 94.3 cm³/mol. The number of carbonyl (C=O) groups excluding carboxylic acids is 1. The predicted octanol–water partition coefficient (Wildman–Crippen LogP) is 2.82. The number of thioether (sulfide) groups is 1. The Kier molecular flexibility index (Phi) is 5.18. The van der Waals surface area contributed by atoms with E-state index in [1.54, 1.807) is 4.68 Å². The van der Waals surface area contributed by atoms with Crippen LogP contribution in [0, 0.1) is 13.8 Å². The molecule has 1 heterocycles. The molecule has 1 aromatic carbocycles. The quantitative estimate of drug-likeness (QED) is 0.844. The Morgan fingerprint density at radius 1 is 1.29 bits per heavy atom. The molecule has 0 unspecified atom stereocenters. The van der Waals surface area contributed by atoms with Gasteiger partial charge in [0, 0.05) is 6.04 Å². The molecule has 1 N–H and O–H groups in total. The van der Waals surface area contributed by atoms with Crippen molar-refractivity contribution < 1.29 is 4.79 Å². The number of aromatic nitrogens is 4. The summed E-state index contributed by atoms with van der Waals surface area (Å²) in [5.41, 5.74) is 3.32. The highest BCUT2D eigenvalue weighted by molar-refractivity contribution is 8.00. The summed E-state index contributed by atoms with van der Waals surface area (Å²) in [4.78, 5) is 12.4. The lowest BCUT2D eigenvalue weighted by Gasteiger charge is -2.16. The average molecular weight is 345 g/mol. The fourth-order valence-electron chi connectivity index (χ4n) is 2.87. The topological polar surface area (TPSA) is 72.7 Å². The maximum atomic E-state index is 12.4. The molecule has 0 bridgehead atoms. The van der Waals surface area contributed by atoms with E-state index in [0.29, 0.717) is 11.2 Å². The second kappa shape index (κ2) is 7.34. The van der Waals surface area contributed by atoms with Crippen LogP contribution in [0.4, 0.5) is 0 Å². The summed E-state index contributed by atoms with van der Waals surface area (Å²) in [6.07, 6.45) is 4.59. The molecular formula is C17H23N5OS. The van der Waals surface area contributed by atoms with Crippen molar-refractivity contribution in [3.8, 4) is 5.69 Å². The van der Waals surface area contributed by atoms with Gasteiger partial charge in [-0.25, -0.2) is 0 Å². The number of hydrogen-bond acceptors (Lipinski definition) is 5. The van der Waals surface area contributed by atoms with Gasteiger partial charge >= 0.3 is 0 Å². The van der Waals surface area contributed by atoms with E-state index in [1.165, 1.54) is 35.7 Å². The number of rotatable bonds is 5. The van der Waals surface area contributed by atoms with Gasteiger partial charge in [0.05, 0.1) is 10.9 Å². The van der Waals surface area contributed by atoms with Crippen LogP contribution in [0.15, 0.2) is 23.4 Å². The summed E-state index contributed by atoms with van der Waals surface area (Å²) in [5.74, 6) is 0.0570. The maximum absolute atomic E-state index is 12.4. The lowest BCUT2D eigenvalue weighted by Crippen LogP contribution is -2.37. The molecule has 1 atom stereocenters. The monoisotopic (exact) mass is 345 g/mol. The fraction of sp³-hybridized carbons (Fsp3) is 0.529. The largest absolute Gasteiger partial charge is 0.352 e. The van der Waals surface area contributed by atoms with Crippen LogP contribution in [-0.4, -0.2) is 37.4 Å². The van der Waals surface area contributed by atoms with Crippen molar-refractivity contribution in [1.82, 2.24) is 25.5 Å². The van der Waals surface area contributed by atoms with Crippen molar-refractivity contribution >= 4 is 17.7 Å². The second-order valence-corrected chi connectivity index (χ2v) is 7.70. The third-order valence-corrected chi connectivity index (χ3v) is 5.56. The maximum Gasteiger partial charge on any atom is 0.233 e. The lowest BCUT2D eigenvalue weighted by atomic mass is 10.1. The smallest absolute Gasteiger partial charge is 0.233 e. The first kappa shape index (κ1) is 17.0. The minimum Gasteiger partial charge on any atom is -0.352 e. The molecule has 1 amide bonds. The Labute approximate surface area is 146 Å². The van der Waals surface area contributed by atoms with E-state index >= 15 is 0 Å². The summed E-state index contributed by atoms with van der Waals surface area (Å²) >= 11 is 1.39. The number of tetrazole rings is 1. The van der Waals surface area contributed by atoms with Gasteiger partial charge in [-0.3, -0.25) is 4.79 Å².